The van der Waals surface area contributed by atoms with Gasteiger partial charge < -0.3 is 19.3 Å². The molecule has 0 saturated heterocycles. The fourth-order valence-electron chi connectivity index (χ4n) is 2.30. The molecule has 0 heterocycles. The molecule has 0 fully saturated rings. The molecule has 2 N–H and O–H groups in total. The van der Waals surface area contributed by atoms with Crippen molar-refractivity contribution in [3.63, 3.8) is 0 Å². The van der Waals surface area contributed by atoms with Gasteiger partial charge in [-0.3, -0.25) is 4.79 Å². The third-order valence-corrected chi connectivity index (χ3v) is 4.28. The second-order valence-corrected chi connectivity index (χ2v) is 6.76. The second-order valence-electron chi connectivity index (χ2n) is 5.60. The first-order chi connectivity index (χ1) is 13.9. The molecule has 0 atom stereocenters. The Labute approximate surface area is 182 Å². The van der Waals surface area contributed by atoms with Crippen LogP contribution in [-0.4, -0.2) is 43.0 Å². The highest BCUT2D eigenvalue weighted by Crippen LogP contribution is 2.33. The van der Waals surface area contributed by atoms with Gasteiger partial charge in [-0.25, -0.2) is 10.2 Å². The average molecular weight is 512 g/mol. The van der Waals surface area contributed by atoms with Gasteiger partial charge in [-0.1, -0.05) is 0 Å². The number of hydrogen-bond donors (Lipinski definition) is 2. The van der Waals surface area contributed by atoms with Crippen LogP contribution in [-0.2, 0) is 4.79 Å². The smallest absolute Gasteiger partial charge is 0.341 e. The number of ether oxygens (including phenoxy) is 3. The van der Waals surface area contributed by atoms with Crippen LogP contribution < -0.4 is 19.6 Å². The minimum atomic E-state index is -1.08. The predicted octanol–water partition coefficient (Wildman–Crippen LogP) is 3.32. The summed E-state index contributed by atoms with van der Waals surface area (Å²) in [4.78, 5) is 22.9. The van der Waals surface area contributed by atoms with E-state index in [0.29, 0.717) is 45.2 Å². The first-order valence-electron chi connectivity index (χ1n) is 8.81. The number of carboxylic acids is 1. The van der Waals surface area contributed by atoms with Crippen LogP contribution in [0.1, 0.15) is 29.8 Å². The van der Waals surface area contributed by atoms with Crippen LogP contribution in [0.4, 0.5) is 0 Å². The van der Waals surface area contributed by atoms with Crippen molar-refractivity contribution >= 4 is 40.7 Å². The van der Waals surface area contributed by atoms with E-state index in [0.717, 1.165) is 0 Å². The first kappa shape index (κ1) is 22.5. The molecule has 0 saturated carbocycles. The molecule has 0 aliphatic heterocycles. The predicted molar refractivity (Wildman–Crippen MR) is 116 cm³/mol. The largest absolute Gasteiger partial charge is 0.494 e. The Morgan fingerprint density at radius 1 is 1.10 bits per heavy atom. The number of carbonyl (C=O) groups is 2. The first-order valence-corrected chi connectivity index (χ1v) is 9.89. The summed E-state index contributed by atoms with van der Waals surface area (Å²) in [6.45, 7) is 4.17. The van der Waals surface area contributed by atoms with Crippen molar-refractivity contribution in [1.82, 2.24) is 5.43 Å². The number of carboxylic acid groups (broad SMARTS) is 1. The zero-order chi connectivity index (χ0) is 21.2. The van der Waals surface area contributed by atoms with Crippen molar-refractivity contribution in [3.8, 4) is 17.2 Å². The molecule has 2 aromatic carbocycles. The van der Waals surface area contributed by atoms with Gasteiger partial charge >= 0.3 is 5.97 Å². The van der Waals surface area contributed by atoms with Crippen molar-refractivity contribution < 1.29 is 28.9 Å². The Morgan fingerprint density at radius 3 is 2.41 bits per heavy atom. The molecule has 0 unspecified atom stereocenters. The molecule has 2 aromatic rings. The maximum absolute atomic E-state index is 12.2. The number of nitrogens with one attached hydrogen (secondary N) is 1. The summed E-state index contributed by atoms with van der Waals surface area (Å²) in [5.74, 6) is 0.0116. The highest BCUT2D eigenvalue weighted by atomic mass is 127. The minimum Gasteiger partial charge on any atom is -0.494 e. The topological polar surface area (TPSA) is 106 Å². The van der Waals surface area contributed by atoms with Gasteiger partial charge in [0.2, 0.25) is 0 Å². The third kappa shape index (κ3) is 6.93. The molecular weight excluding hydrogens is 491 g/mol. The summed E-state index contributed by atoms with van der Waals surface area (Å²) >= 11 is 2.02. The van der Waals surface area contributed by atoms with Gasteiger partial charge in [0.05, 0.1) is 23.0 Å². The van der Waals surface area contributed by atoms with Crippen LogP contribution in [0.25, 0.3) is 0 Å². The Balaban J connectivity index is 2.08. The third-order valence-electron chi connectivity index (χ3n) is 3.48. The van der Waals surface area contributed by atoms with E-state index in [9.17, 15) is 9.59 Å². The summed E-state index contributed by atoms with van der Waals surface area (Å²) in [5.41, 5.74) is 3.57. The quantitative estimate of drug-likeness (QED) is 0.288. The van der Waals surface area contributed by atoms with Gasteiger partial charge in [-0.05, 0) is 78.4 Å². The molecule has 8 nitrogen and oxygen atoms in total. The second kappa shape index (κ2) is 11.2. The lowest BCUT2D eigenvalue weighted by molar-refractivity contribution is -0.139. The molecule has 9 heteroatoms. The van der Waals surface area contributed by atoms with Crippen LogP contribution in [0.15, 0.2) is 41.5 Å². The molecule has 0 spiro atoms. The normalized spacial score (nSPS) is 10.6. The number of rotatable bonds is 10. The molecule has 0 aliphatic carbocycles. The number of carbonyl (C=O) groups excluding carboxylic acids is 1. The number of amides is 1. The monoisotopic (exact) mass is 512 g/mol. The van der Waals surface area contributed by atoms with Crippen LogP contribution >= 0.6 is 22.6 Å². The number of aliphatic carboxylic acids is 1. The molecule has 154 valence electrons. The van der Waals surface area contributed by atoms with Crippen LogP contribution in [0.3, 0.4) is 0 Å². The van der Waals surface area contributed by atoms with E-state index in [4.69, 9.17) is 19.3 Å². The van der Waals surface area contributed by atoms with Gasteiger partial charge in [-0.2, -0.15) is 5.10 Å². The van der Waals surface area contributed by atoms with Crippen molar-refractivity contribution in [1.29, 1.82) is 0 Å². The fourth-order valence-corrected chi connectivity index (χ4v) is 3.08. The zero-order valence-electron chi connectivity index (χ0n) is 16.0. The molecule has 29 heavy (non-hydrogen) atoms. The van der Waals surface area contributed by atoms with Gasteiger partial charge in [0.25, 0.3) is 5.91 Å². The average Bonchev–Trinajstić information content (AvgIpc) is 2.68. The van der Waals surface area contributed by atoms with E-state index in [1.807, 2.05) is 36.4 Å². The van der Waals surface area contributed by atoms with Crippen LogP contribution in [0.2, 0.25) is 0 Å². The van der Waals surface area contributed by atoms with Crippen molar-refractivity contribution in [2.24, 2.45) is 5.10 Å². The number of halogens is 1. The van der Waals surface area contributed by atoms with E-state index < -0.39 is 12.6 Å². The summed E-state index contributed by atoms with van der Waals surface area (Å²) < 4.78 is 16.8. The highest BCUT2D eigenvalue weighted by Gasteiger charge is 2.13. The molecule has 0 bridgehead atoms. The summed E-state index contributed by atoms with van der Waals surface area (Å²) in [7, 11) is 0. The number of hydrogen-bond acceptors (Lipinski definition) is 6. The number of nitrogens with zero attached hydrogens (tertiary/aromatic N) is 1. The van der Waals surface area contributed by atoms with Gasteiger partial charge in [0, 0.05) is 5.56 Å². The Morgan fingerprint density at radius 2 is 1.79 bits per heavy atom. The summed E-state index contributed by atoms with van der Waals surface area (Å²) in [5, 5.41) is 12.8. The lowest BCUT2D eigenvalue weighted by atomic mass is 10.2. The zero-order valence-corrected chi connectivity index (χ0v) is 18.1. The number of benzene rings is 2. The number of hydrazone groups is 1. The van der Waals surface area contributed by atoms with Crippen molar-refractivity contribution in [2.75, 3.05) is 19.8 Å². The van der Waals surface area contributed by atoms with Crippen molar-refractivity contribution in [3.05, 3.63) is 51.1 Å². The van der Waals surface area contributed by atoms with E-state index >= 15 is 0 Å². The molecule has 0 radical (unpaired) electrons. The molecular formula is C20H21IN2O6. The Kier molecular flexibility index (Phi) is 8.71. The van der Waals surface area contributed by atoms with E-state index in [1.165, 1.54) is 6.21 Å². The molecule has 0 aliphatic rings. The Hall–Kier alpha value is -2.82. The van der Waals surface area contributed by atoms with E-state index in [2.05, 4.69) is 10.5 Å². The van der Waals surface area contributed by atoms with Gasteiger partial charge in [-0.15, -0.1) is 0 Å². The maximum Gasteiger partial charge on any atom is 0.341 e. The van der Waals surface area contributed by atoms with Gasteiger partial charge in [0.15, 0.2) is 18.1 Å². The lowest BCUT2D eigenvalue weighted by Gasteiger charge is -2.13. The van der Waals surface area contributed by atoms with Crippen LogP contribution in [0.5, 0.6) is 17.2 Å². The maximum atomic E-state index is 12.2. The fraction of sp³-hybridized carbons (Fsp3) is 0.250. The van der Waals surface area contributed by atoms with E-state index in [1.54, 1.807) is 36.4 Å². The van der Waals surface area contributed by atoms with Crippen LogP contribution in [0, 0.1) is 3.57 Å². The highest BCUT2D eigenvalue weighted by molar-refractivity contribution is 14.1. The van der Waals surface area contributed by atoms with E-state index in [-0.39, 0.29) is 5.91 Å². The minimum absolute atomic E-state index is 0.352. The lowest BCUT2D eigenvalue weighted by Crippen LogP contribution is -2.17. The standard InChI is InChI=1S/C20H21IN2O6/c1-3-27-15-7-5-14(6-8-15)20(26)23-22-11-13-9-16(21)19(29-12-18(24)25)17(10-13)28-4-2/h5-11H,3-4,12H2,1-2H3,(H,23,26)(H,24,25)/b22-11-. The van der Waals surface area contributed by atoms with Gasteiger partial charge in [0.1, 0.15) is 5.75 Å². The molecule has 1 amide bonds. The van der Waals surface area contributed by atoms with Crippen molar-refractivity contribution in [2.45, 2.75) is 13.8 Å². The molecule has 0 aromatic heterocycles. The summed E-state index contributed by atoms with van der Waals surface area (Å²) in [6, 6.07) is 10.1. The SMILES string of the molecule is CCOc1ccc(C(=O)N/N=C\c2cc(I)c(OCC(=O)O)c(OCC)c2)cc1. The summed E-state index contributed by atoms with van der Waals surface area (Å²) in [6.07, 6.45) is 1.47. The Bertz CT molecular complexity index is 883. The molecule has 2 rings (SSSR count).